The van der Waals surface area contributed by atoms with Crippen LogP contribution in [0.1, 0.15) is 12.0 Å². The number of hydrogen-bond donors (Lipinski definition) is 4. The number of hydrogen-bond acceptors (Lipinski definition) is 5. The molecule has 0 saturated heterocycles. The Labute approximate surface area is 178 Å². The number of aryl methyl sites for hydroxylation is 1. The predicted molar refractivity (Wildman–Crippen MR) is 117 cm³/mol. The van der Waals surface area contributed by atoms with Crippen LogP contribution in [0.5, 0.6) is 5.75 Å². The van der Waals surface area contributed by atoms with Gasteiger partial charge in [0.1, 0.15) is 11.8 Å². The molecular weight excluding hydrogens is 408 g/mol. The monoisotopic (exact) mass is 428 g/mol. The van der Waals surface area contributed by atoms with E-state index in [1.807, 2.05) is 31.2 Å². The standard InChI is InChI=1S/C20H21ClN6O3/c1-11-3-6-13(7-4-11)23-19(22)27-20-25-15(18(29)26-20)10-17(28)24-14-9-12(21)5-8-16(14)30-2/h3-9,15H,10H2,1-2H3,(H,24,28)(H4,22,23,25,26,27,29)/t15-/m1/s1. The van der Waals surface area contributed by atoms with Gasteiger partial charge in [-0.25, -0.2) is 4.99 Å². The van der Waals surface area contributed by atoms with Gasteiger partial charge in [-0.1, -0.05) is 29.3 Å². The van der Waals surface area contributed by atoms with Gasteiger partial charge in [0.25, 0.3) is 5.91 Å². The molecule has 1 atom stereocenters. The Morgan fingerprint density at radius 1 is 1.27 bits per heavy atom. The van der Waals surface area contributed by atoms with E-state index < -0.39 is 17.9 Å². The van der Waals surface area contributed by atoms with Crippen molar-refractivity contribution < 1.29 is 14.3 Å². The molecule has 0 spiro atoms. The molecule has 0 unspecified atom stereocenters. The lowest BCUT2D eigenvalue weighted by Gasteiger charge is -2.11. The number of amides is 2. The molecule has 1 heterocycles. The topological polar surface area (TPSA) is 130 Å². The van der Waals surface area contributed by atoms with Crippen molar-refractivity contribution in [3.05, 3.63) is 53.1 Å². The van der Waals surface area contributed by atoms with Gasteiger partial charge >= 0.3 is 0 Å². The normalized spacial score (nSPS) is 16.0. The summed E-state index contributed by atoms with van der Waals surface area (Å²) in [5.74, 6) is -0.310. The first-order valence-electron chi connectivity index (χ1n) is 9.04. The minimum absolute atomic E-state index is 0.0373. The molecule has 3 rings (SSSR count). The van der Waals surface area contributed by atoms with Crippen LogP contribution >= 0.6 is 11.6 Å². The molecule has 2 aromatic rings. The van der Waals surface area contributed by atoms with E-state index in [2.05, 4.69) is 25.9 Å². The number of carbonyl (C=O) groups is 2. The van der Waals surface area contributed by atoms with E-state index in [-0.39, 0.29) is 18.3 Å². The maximum atomic E-state index is 12.4. The van der Waals surface area contributed by atoms with Crippen LogP contribution in [0.4, 0.5) is 11.4 Å². The minimum atomic E-state index is -0.916. The van der Waals surface area contributed by atoms with Gasteiger partial charge in [0.15, 0.2) is 0 Å². The van der Waals surface area contributed by atoms with Gasteiger partial charge in [-0.05, 0) is 37.3 Å². The fourth-order valence-corrected chi connectivity index (χ4v) is 2.88. The number of rotatable bonds is 5. The molecule has 2 amide bonds. The van der Waals surface area contributed by atoms with Crippen LogP contribution in [0.25, 0.3) is 0 Å². The van der Waals surface area contributed by atoms with Gasteiger partial charge in [-0.15, -0.1) is 0 Å². The summed E-state index contributed by atoms with van der Waals surface area (Å²) in [6, 6.07) is 11.5. The number of halogens is 1. The molecule has 9 nitrogen and oxygen atoms in total. The average molecular weight is 429 g/mol. The Bertz CT molecular complexity index is 1020. The summed E-state index contributed by atoms with van der Waals surface area (Å²) in [5, 5.41) is 8.53. The first-order chi connectivity index (χ1) is 14.3. The van der Waals surface area contributed by atoms with Crippen molar-refractivity contribution in [2.45, 2.75) is 19.4 Å². The SMILES string of the molecule is COc1ccc(Cl)cc1NC(=O)C[C@H]1N=C(N=C(N)Nc2ccc(C)cc2)NC1=O. The van der Waals surface area contributed by atoms with Crippen LogP contribution in [0.15, 0.2) is 52.4 Å². The lowest BCUT2D eigenvalue weighted by molar-refractivity contribution is -0.123. The van der Waals surface area contributed by atoms with Crippen LogP contribution in [-0.4, -0.2) is 36.9 Å². The van der Waals surface area contributed by atoms with E-state index in [0.29, 0.717) is 16.5 Å². The summed E-state index contributed by atoms with van der Waals surface area (Å²) in [5.41, 5.74) is 8.13. The van der Waals surface area contributed by atoms with E-state index in [1.54, 1.807) is 18.2 Å². The Kier molecular flexibility index (Phi) is 6.53. The molecule has 0 fully saturated rings. The highest BCUT2D eigenvalue weighted by molar-refractivity contribution is 6.31. The summed E-state index contributed by atoms with van der Waals surface area (Å²) in [6.45, 7) is 1.97. The number of nitrogens with zero attached hydrogens (tertiary/aromatic N) is 2. The largest absolute Gasteiger partial charge is 0.495 e. The zero-order valence-corrected chi connectivity index (χ0v) is 17.2. The zero-order valence-electron chi connectivity index (χ0n) is 16.4. The molecule has 0 bridgehead atoms. The van der Waals surface area contributed by atoms with Crippen molar-refractivity contribution in [1.82, 2.24) is 5.32 Å². The third-order valence-corrected chi connectivity index (χ3v) is 4.42. The number of aliphatic imine (C=N–C) groups is 2. The van der Waals surface area contributed by atoms with Gasteiger partial charge in [0.2, 0.25) is 17.8 Å². The average Bonchev–Trinajstić information content (AvgIpc) is 3.02. The number of methoxy groups -OCH3 is 1. The number of ether oxygens (including phenoxy) is 1. The summed E-state index contributed by atoms with van der Waals surface area (Å²) in [7, 11) is 1.48. The van der Waals surface area contributed by atoms with Gasteiger partial charge in [-0.2, -0.15) is 4.99 Å². The number of benzene rings is 2. The summed E-state index contributed by atoms with van der Waals surface area (Å²) >= 11 is 5.96. The second kappa shape index (κ2) is 9.27. The van der Waals surface area contributed by atoms with E-state index in [1.165, 1.54) is 7.11 Å². The first kappa shape index (κ1) is 21.1. The lowest BCUT2D eigenvalue weighted by atomic mass is 10.2. The van der Waals surface area contributed by atoms with Gasteiger partial charge in [0, 0.05) is 10.7 Å². The van der Waals surface area contributed by atoms with Crippen molar-refractivity contribution in [3.63, 3.8) is 0 Å². The molecule has 0 radical (unpaired) electrons. The van der Waals surface area contributed by atoms with Crippen molar-refractivity contribution >= 4 is 46.7 Å². The Balaban J connectivity index is 1.63. The molecule has 0 saturated carbocycles. The van der Waals surface area contributed by atoms with E-state index in [4.69, 9.17) is 22.1 Å². The van der Waals surface area contributed by atoms with E-state index in [9.17, 15) is 9.59 Å². The maximum absolute atomic E-state index is 12.4. The molecule has 0 aliphatic carbocycles. The number of nitrogens with two attached hydrogens (primary N) is 1. The zero-order chi connectivity index (χ0) is 21.7. The molecule has 2 aromatic carbocycles. The highest BCUT2D eigenvalue weighted by atomic mass is 35.5. The fourth-order valence-electron chi connectivity index (χ4n) is 2.71. The predicted octanol–water partition coefficient (Wildman–Crippen LogP) is 2.27. The molecule has 30 heavy (non-hydrogen) atoms. The smallest absolute Gasteiger partial charge is 0.252 e. The number of nitrogens with one attached hydrogen (secondary N) is 3. The molecular formula is C20H21ClN6O3. The van der Waals surface area contributed by atoms with Crippen LogP contribution in [0, 0.1) is 6.92 Å². The number of guanidine groups is 2. The molecule has 10 heteroatoms. The first-order valence-corrected chi connectivity index (χ1v) is 9.42. The molecule has 1 aliphatic heterocycles. The third kappa shape index (κ3) is 5.48. The molecule has 5 N–H and O–H groups in total. The second-order valence-corrected chi connectivity index (χ2v) is 6.98. The Hall–Kier alpha value is -3.59. The van der Waals surface area contributed by atoms with Crippen molar-refractivity contribution in [2.75, 3.05) is 17.7 Å². The number of carbonyl (C=O) groups excluding carboxylic acids is 2. The van der Waals surface area contributed by atoms with Gasteiger partial charge in [-0.3, -0.25) is 14.9 Å². The van der Waals surface area contributed by atoms with Gasteiger partial charge in [0.05, 0.1) is 19.2 Å². The van der Waals surface area contributed by atoms with Crippen LogP contribution in [-0.2, 0) is 9.59 Å². The van der Waals surface area contributed by atoms with Crippen molar-refractivity contribution in [2.24, 2.45) is 15.7 Å². The van der Waals surface area contributed by atoms with E-state index >= 15 is 0 Å². The Morgan fingerprint density at radius 3 is 2.70 bits per heavy atom. The maximum Gasteiger partial charge on any atom is 0.252 e. The number of anilines is 2. The highest BCUT2D eigenvalue weighted by Gasteiger charge is 2.29. The molecule has 0 aromatic heterocycles. The van der Waals surface area contributed by atoms with E-state index in [0.717, 1.165) is 11.3 Å². The quantitative estimate of drug-likeness (QED) is 0.428. The van der Waals surface area contributed by atoms with Crippen molar-refractivity contribution in [3.8, 4) is 5.75 Å². The molecule has 1 aliphatic rings. The van der Waals surface area contributed by atoms with Gasteiger partial charge < -0.3 is 21.1 Å². The fraction of sp³-hybridized carbons (Fsp3) is 0.200. The van der Waals surface area contributed by atoms with Crippen LogP contribution in [0.2, 0.25) is 5.02 Å². The van der Waals surface area contributed by atoms with Crippen LogP contribution in [0.3, 0.4) is 0 Å². The molecule has 156 valence electrons. The highest BCUT2D eigenvalue weighted by Crippen LogP contribution is 2.28. The van der Waals surface area contributed by atoms with Crippen LogP contribution < -0.4 is 26.4 Å². The summed E-state index contributed by atoms with van der Waals surface area (Å²) in [6.07, 6.45) is -0.175. The summed E-state index contributed by atoms with van der Waals surface area (Å²) < 4.78 is 5.19. The summed E-state index contributed by atoms with van der Waals surface area (Å²) in [4.78, 5) is 32.7. The second-order valence-electron chi connectivity index (χ2n) is 6.54. The Morgan fingerprint density at radius 2 is 2.00 bits per heavy atom. The minimum Gasteiger partial charge on any atom is -0.495 e. The third-order valence-electron chi connectivity index (χ3n) is 4.18. The lowest BCUT2D eigenvalue weighted by Crippen LogP contribution is -2.32. The van der Waals surface area contributed by atoms with Crippen molar-refractivity contribution in [1.29, 1.82) is 0 Å².